The molecule has 3 saturated carbocycles. The van der Waals surface area contributed by atoms with Crippen molar-refractivity contribution in [1.29, 1.82) is 0 Å². The molecule has 3 fully saturated rings. The molecule has 2 nitrogen and oxygen atoms in total. The van der Waals surface area contributed by atoms with E-state index in [4.69, 9.17) is 4.74 Å². The summed E-state index contributed by atoms with van der Waals surface area (Å²) in [6.07, 6.45) is 18.8. The standard InChI is InChI=1S/C38H58O2/c1-7-11-29(26(2)3)15-14-27(4)33-18-19-34-32-17-16-30-25-31(40-36(39)24-28-12-9-8-10-13-28)20-22-37(30,5)35(32)21-23-38(33,34)6/h8-10,12-13,16,26-27,29,31-35H,7,11,14-15,17-25H2,1-6H3/t27?,29-,31?,32-,33+,34-,35-,37-,38+/m0/s1. The van der Waals surface area contributed by atoms with Gasteiger partial charge in [0.25, 0.3) is 0 Å². The van der Waals surface area contributed by atoms with Gasteiger partial charge in [0.1, 0.15) is 6.10 Å². The monoisotopic (exact) mass is 546 g/mol. The lowest BCUT2D eigenvalue weighted by molar-refractivity contribution is -0.150. The van der Waals surface area contributed by atoms with E-state index in [0.717, 1.165) is 59.8 Å². The van der Waals surface area contributed by atoms with Crippen molar-refractivity contribution in [3.63, 3.8) is 0 Å². The molecule has 1 aromatic carbocycles. The molecule has 4 aliphatic rings. The van der Waals surface area contributed by atoms with Gasteiger partial charge >= 0.3 is 5.97 Å². The van der Waals surface area contributed by atoms with Crippen LogP contribution in [0.4, 0.5) is 0 Å². The number of hydrogen-bond acceptors (Lipinski definition) is 2. The van der Waals surface area contributed by atoms with Crippen molar-refractivity contribution in [2.24, 2.45) is 52.3 Å². The Bertz CT molecular complexity index is 1030. The highest BCUT2D eigenvalue weighted by atomic mass is 16.5. The average Bonchev–Trinajstić information content (AvgIpc) is 3.28. The van der Waals surface area contributed by atoms with Crippen LogP contribution in [0.15, 0.2) is 42.0 Å². The number of rotatable bonds is 10. The topological polar surface area (TPSA) is 26.3 Å². The van der Waals surface area contributed by atoms with Crippen molar-refractivity contribution in [2.75, 3.05) is 0 Å². The molecule has 0 aliphatic heterocycles. The second-order valence-electron chi connectivity index (χ2n) is 15.4. The lowest BCUT2D eigenvalue weighted by Gasteiger charge is -2.58. The molecule has 0 aromatic heterocycles. The zero-order valence-corrected chi connectivity index (χ0v) is 26.6. The summed E-state index contributed by atoms with van der Waals surface area (Å²) in [6.45, 7) is 15.1. The molecular formula is C38H58O2. The van der Waals surface area contributed by atoms with Crippen LogP contribution in [0.1, 0.15) is 124 Å². The maximum atomic E-state index is 12.7. The van der Waals surface area contributed by atoms with E-state index in [-0.39, 0.29) is 12.1 Å². The molecule has 0 heterocycles. The Morgan fingerprint density at radius 1 is 0.950 bits per heavy atom. The maximum absolute atomic E-state index is 12.7. The number of allylic oxidation sites excluding steroid dienone is 1. The smallest absolute Gasteiger partial charge is 0.310 e. The van der Waals surface area contributed by atoms with Gasteiger partial charge in [-0.15, -0.1) is 0 Å². The highest BCUT2D eigenvalue weighted by molar-refractivity contribution is 5.72. The van der Waals surface area contributed by atoms with Crippen molar-refractivity contribution in [3.05, 3.63) is 47.5 Å². The Balaban J connectivity index is 1.21. The first kappa shape index (κ1) is 29.9. The van der Waals surface area contributed by atoms with E-state index in [1.165, 1.54) is 64.2 Å². The third-order valence-electron chi connectivity index (χ3n) is 12.9. The highest BCUT2D eigenvalue weighted by Gasteiger charge is 2.59. The third-order valence-corrected chi connectivity index (χ3v) is 12.9. The molecule has 0 bridgehead atoms. The summed E-state index contributed by atoms with van der Waals surface area (Å²) in [7, 11) is 0. The fraction of sp³-hybridized carbons (Fsp3) is 0.763. The summed E-state index contributed by atoms with van der Waals surface area (Å²) in [6, 6.07) is 10.0. The summed E-state index contributed by atoms with van der Waals surface area (Å²) in [5.74, 6) is 5.99. The van der Waals surface area contributed by atoms with Gasteiger partial charge in [0.05, 0.1) is 6.42 Å². The largest absolute Gasteiger partial charge is 0.462 e. The van der Waals surface area contributed by atoms with Gasteiger partial charge in [-0.05, 0) is 109 Å². The van der Waals surface area contributed by atoms with Crippen LogP contribution in [-0.2, 0) is 16.0 Å². The minimum atomic E-state index is -0.0666. The minimum absolute atomic E-state index is 0.0556. The van der Waals surface area contributed by atoms with Crippen molar-refractivity contribution < 1.29 is 9.53 Å². The molecule has 0 saturated heterocycles. The predicted molar refractivity (Wildman–Crippen MR) is 167 cm³/mol. The van der Waals surface area contributed by atoms with E-state index in [1.54, 1.807) is 5.57 Å². The lowest BCUT2D eigenvalue weighted by atomic mass is 9.47. The summed E-state index contributed by atoms with van der Waals surface area (Å²) < 4.78 is 6.04. The van der Waals surface area contributed by atoms with Gasteiger partial charge in [0, 0.05) is 6.42 Å². The van der Waals surface area contributed by atoms with Crippen molar-refractivity contribution in [3.8, 4) is 0 Å². The molecule has 5 rings (SSSR count). The summed E-state index contributed by atoms with van der Waals surface area (Å²) in [5.41, 5.74) is 3.49. The van der Waals surface area contributed by atoms with E-state index in [2.05, 4.69) is 47.6 Å². The normalized spacial score (nSPS) is 36.7. The molecule has 0 radical (unpaired) electrons. The molecule has 2 heteroatoms. The number of fused-ring (bicyclic) bond motifs is 5. The molecule has 9 atom stereocenters. The van der Waals surface area contributed by atoms with Crippen LogP contribution in [0.5, 0.6) is 0 Å². The van der Waals surface area contributed by atoms with Gasteiger partial charge < -0.3 is 4.74 Å². The first-order valence-electron chi connectivity index (χ1n) is 17.1. The van der Waals surface area contributed by atoms with E-state index in [9.17, 15) is 4.79 Å². The quantitative estimate of drug-likeness (QED) is 0.215. The maximum Gasteiger partial charge on any atom is 0.310 e. The van der Waals surface area contributed by atoms with Gasteiger partial charge in [0.2, 0.25) is 0 Å². The molecule has 0 amide bonds. The van der Waals surface area contributed by atoms with Crippen LogP contribution in [0.2, 0.25) is 0 Å². The van der Waals surface area contributed by atoms with Crippen molar-refractivity contribution >= 4 is 5.97 Å². The van der Waals surface area contributed by atoms with Gasteiger partial charge in [-0.2, -0.15) is 0 Å². The van der Waals surface area contributed by atoms with Crippen LogP contribution in [0, 0.1) is 52.3 Å². The molecule has 0 spiro atoms. The van der Waals surface area contributed by atoms with E-state index in [0.29, 0.717) is 17.3 Å². The van der Waals surface area contributed by atoms with E-state index < -0.39 is 0 Å². The third kappa shape index (κ3) is 5.85. The fourth-order valence-corrected chi connectivity index (χ4v) is 10.6. The Labute approximate surface area is 246 Å². The SMILES string of the molecule is CCC[C@@H](CCC(C)[C@H]1CC[C@H]2[C@@H]3CC=C4CC(OC(=O)Cc5ccccc5)CC[C@]4(C)[C@H]3CC[C@]12C)C(C)C. The number of ether oxygens (including phenoxy) is 1. The Hall–Kier alpha value is -1.57. The summed E-state index contributed by atoms with van der Waals surface area (Å²) in [5, 5.41) is 0. The molecular weight excluding hydrogens is 488 g/mol. The lowest BCUT2D eigenvalue weighted by Crippen LogP contribution is -2.51. The molecule has 2 unspecified atom stereocenters. The van der Waals surface area contributed by atoms with Gasteiger partial charge in [0.15, 0.2) is 0 Å². The van der Waals surface area contributed by atoms with Crippen LogP contribution >= 0.6 is 0 Å². The van der Waals surface area contributed by atoms with Crippen molar-refractivity contribution in [1.82, 2.24) is 0 Å². The number of hydrogen-bond donors (Lipinski definition) is 0. The minimum Gasteiger partial charge on any atom is -0.462 e. The number of esters is 1. The van der Waals surface area contributed by atoms with Crippen LogP contribution < -0.4 is 0 Å². The molecule has 40 heavy (non-hydrogen) atoms. The number of benzene rings is 1. The van der Waals surface area contributed by atoms with Crippen molar-refractivity contribution in [2.45, 2.75) is 131 Å². The van der Waals surface area contributed by atoms with Gasteiger partial charge in [-0.3, -0.25) is 4.79 Å². The first-order chi connectivity index (χ1) is 19.2. The summed E-state index contributed by atoms with van der Waals surface area (Å²) in [4.78, 5) is 12.7. The molecule has 222 valence electrons. The Morgan fingerprint density at radius 3 is 2.45 bits per heavy atom. The second-order valence-corrected chi connectivity index (χ2v) is 15.4. The van der Waals surface area contributed by atoms with Crippen LogP contribution in [0.25, 0.3) is 0 Å². The molecule has 4 aliphatic carbocycles. The summed E-state index contributed by atoms with van der Waals surface area (Å²) >= 11 is 0. The Kier molecular flexibility index (Phi) is 9.23. The van der Waals surface area contributed by atoms with Gasteiger partial charge in [-0.1, -0.05) is 103 Å². The molecule has 1 aromatic rings. The number of carbonyl (C=O) groups excluding carboxylic acids is 1. The average molecular weight is 547 g/mol. The molecule has 0 N–H and O–H groups in total. The number of carbonyl (C=O) groups is 1. The van der Waals surface area contributed by atoms with Gasteiger partial charge in [-0.25, -0.2) is 0 Å². The van der Waals surface area contributed by atoms with Crippen LogP contribution in [0.3, 0.4) is 0 Å². The van der Waals surface area contributed by atoms with E-state index in [1.807, 2.05) is 30.3 Å². The van der Waals surface area contributed by atoms with Crippen LogP contribution in [-0.4, -0.2) is 12.1 Å². The fourth-order valence-electron chi connectivity index (χ4n) is 10.6. The predicted octanol–water partition coefficient (Wildman–Crippen LogP) is 10.2. The highest BCUT2D eigenvalue weighted by Crippen LogP contribution is 2.67. The Morgan fingerprint density at radius 2 is 1.73 bits per heavy atom. The zero-order chi connectivity index (χ0) is 28.5. The second kappa shape index (κ2) is 12.3. The zero-order valence-electron chi connectivity index (χ0n) is 26.6. The first-order valence-corrected chi connectivity index (χ1v) is 17.1. The van der Waals surface area contributed by atoms with E-state index >= 15 is 0 Å².